The van der Waals surface area contributed by atoms with Gasteiger partial charge < -0.3 is 10.1 Å². The summed E-state index contributed by atoms with van der Waals surface area (Å²) >= 11 is 8.66. The Labute approximate surface area is 81.8 Å². The molecule has 0 aliphatic rings. The van der Waals surface area contributed by atoms with E-state index in [0.717, 1.165) is 0 Å². The molecule has 1 rings (SSSR count). The van der Waals surface area contributed by atoms with Crippen molar-refractivity contribution >= 4 is 33.3 Å². The van der Waals surface area contributed by atoms with Crippen LogP contribution in [0.2, 0.25) is 5.15 Å². The van der Waals surface area contributed by atoms with Crippen molar-refractivity contribution in [3.8, 4) is 0 Å². The zero-order valence-corrected chi connectivity index (χ0v) is 8.39. The van der Waals surface area contributed by atoms with Crippen molar-refractivity contribution in [3.05, 3.63) is 31.4 Å². The van der Waals surface area contributed by atoms with Crippen LogP contribution in [0.5, 0.6) is 0 Å². The van der Waals surface area contributed by atoms with Gasteiger partial charge in [-0.1, -0.05) is 15.9 Å². The average Bonchev–Trinajstić information content (AvgIpc) is 1.96. The van der Waals surface area contributed by atoms with Gasteiger partial charge in [0.1, 0.15) is 0 Å². The fraction of sp³-hybridized carbons (Fsp3) is 0.167. The number of hydrogen-bond acceptors (Lipinski definition) is 3. The van der Waals surface area contributed by atoms with Gasteiger partial charge in [-0.25, -0.2) is 0 Å². The van der Waals surface area contributed by atoms with Gasteiger partial charge in [-0.3, -0.25) is 0 Å². The molecule has 0 aromatic carbocycles. The lowest BCUT2D eigenvalue weighted by molar-refractivity contribution is -0.390. The molecule has 0 saturated heterocycles. The van der Waals surface area contributed by atoms with E-state index in [1.54, 1.807) is 6.92 Å². The van der Waals surface area contributed by atoms with Crippen LogP contribution in [0.1, 0.15) is 5.56 Å². The topological polar surface area (TPSA) is 56.0 Å². The second-order valence-corrected chi connectivity index (χ2v) is 3.37. The maximum absolute atomic E-state index is 10.4. The monoisotopic (exact) mass is 250 g/mol. The van der Waals surface area contributed by atoms with E-state index >= 15 is 0 Å². The maximum Gasteiger partial charge on any atom is 0.369 e. The van der Waals surface area contributed by atoms with Crippen molar-refractivity contribution in [2.24, 2.45) is 0 Å². The summed E-state index contributed by atoms with van der Waals surface area (Å²) in [5.74, 6) is -0.214. The van der Waals surface area contributed by atoms with E-state index in [1.165, 1.54) is 6.07 Å². The number of rotatable bonds is 1. The van der Waals surface area contributed by atoms with Crippen LogP contribution in [0.15, 0.2) is 10.5 Å². The van der Waals surface area contributed by atoms with Crippen molar-refractivity contribution in [1.82, 2.24) is 4.98 Å². The van der Waals surface area contributed by atoms with Crippen molar-refractivity contribution in [2.75, 3.05) is 0 Å². The molecular formula is C6H4BrClN2O2. The van der Waals surface area contributed by atoms with Crippen LogP contribution in [0.4, 0.5) is 5.82 Å². The molecule has 0 amide bonds. The van der Waals surface area contributed by atoms with Crippen LogP contribution in [-0.4, -0.2) is 9.91 Å². The zero-order chi connectivity index (χ0) is 9.30. The number of hydrogen-bond donors (Lipinski definition) is 0. The first kappa shape index (κ1) is 9.41. The van der Waals surface area contributed by atoms with Gasteiger partial charge in [0.2, 0.25) is 5.15 Å². The normalized spacial score (nSPS) is 9.92. The van der Waals surface area contributed by atoms with E-state index in [2.05, 4.69) is 20.9 Å². The molecule has 0 spiro atoms. The third kappa shape index (κ3) is 1.73. The van der Waals surface area contributed by atoms with Crippen LogP contribution >= 0.6 is 27.5 Å². The van der Waals surface area contributed by atoms with E-state index in [1.807, 2.05) is 0 Å². The number of nitro groups is 1. The molecule has 0 bridgehead atoms. The van der Waals surface area contributed by atoms with Crippen molar-refractivity contribution in [3.63, 3.8) is 0 Å². The fourth-order valence-corrected chi connectivity index (χ4v) is 1.43. The largest absolute Gasteiger partial charge is 0.369 e. The molecule has 0 saturated carbocycles. The molecule has 1 aromatic rings. The summed E-state index contributed by atoms with van der Waals surface area (Å²) < 4.78 is 0.592. The van der Waals surface area contributed by atoms with E-state index in [0.29, 0.717) is 10.0 Å². The summed E-state index contributed by atoms with van der Waals surface area (Å²) in [6, 6.07) is 1.52. The van der Waals surface area contributed by atoms with Gasteiger partial charge in [0.15, 0.2) is 0 Å². The lowest BCUT2D eigenvalue weighted by atomic mass is 10.3. The number of nitrogens with zero attached hydrogens (tertiary/aromatic N) is 2. The van der Waals surface area contributed by atoms with Gasteiger partial charge in [-0.05, 0) is 28.4 Å². The molecule has 0 N–H and O–H groups in total. The summed E-state index contributed by atoms with van der Waals surface area (Å²) in [6.07, 6.45) is 0. The molecule has 64 valence electrons. The molecule has 12 heavy (non-hydrogen) atoms. The third-order valence-corrected chi connectivity index (χ3v) is 2.34. The molecule has 0 unspecified atom stereocenters. The molecule has 1 heterocycles. The van der Waals surface area contributed by atoms with Crippen LogP contribution in [-0.2, 0) is 0 Å². The first-order valence-corrected chi connectivity index (χ1v) is 4.16. The Balaban J connectivity index is 3.37. The van der Waals surface area contributed by atoms with E-state index < -0.39 is 4.92 Å². The van der Waals surface area contributed by atoms with Crippen molar-refractivity contribution < 1.29 is 4.92 Å². The van der Waals surface area contributed by atoms with E-state index in [-0.39, 0.29) is 11.0 Å². The SMILES string of the molecule is Cc1c(Br)cc(Cl)nc1[N+](=O)[O-]. The van der Waals surface area contributed by atoms with Gasteiger partial charge in [-0.2, -0.15) is 0 Å². The maximum atomic E-state index is 10.4. The minimum Gasteiger partial charge on any atom is -0.358 e. The highest BCUT2D eigenvalue weighted by Gasteiger charge is 2.16. The standard InChI is InChI=1S/C6H4BrClN2O2/c1-3-4(7)2-5(8)9-6(3)10(11)12/h2H,1H3. The lowest BCUT2D eigenvalue weighted by Gasteiger charge is -1.98. The van der Waals surface area contributed by atoms with Crippen molar-refractivity contribution in [1.29, 1.82) is 0 Å². The highest BCUT2D eigenvalue weighted by molar-refractivity contribution is 9.10. The first-order valence-electron chi connectivity index (χ1n) is 2.99. The highest BCUT2D eigenvalue weighted by atomic mass is 79.9. The summed E-state index contributed by atoms with van der Waals surface area (Å²) in [5.41, 5.74) is 0.476. The Morgan fingerprint density at radius 3 is 2.83 bits per heavy atom. The predicted molar refractivity (Wildman–Crippen MR) is 48.3 cm³/mol. The van der Waals surface area contributed by atoms with Gasteiger partial charge >= 0.3 is 5.82 Å². The molecule has 0 aliphatic heterocycles. The Morgan fingerprint density at radius 1 is 1.75 bits per heavy atom. The van der Waals surface area contributed by atoms with E-state index in [9.17, 15) is 10.1 Å². The summed E-state index contributed by atoms with van der Waals surface area (Å²) in [7, 11) is 0. The molecule has 6 heteroatoms. The fourth-order valence-electron chi connectivity index (χ4n) is 0.715. The molecule has 0 atom stereocenters. The minimum atomic E-state index is -0.564. The van der Waals surface area contributed by atoms with Crippen LogP contribution in [0.25, 0.3) is 0 Å². The van der Waals surface area contributed by atoms with Gasteiger partial charge in [0, 0.05) is 10.5 Å². The highest BCUT2D eigenvalue weighted by Crippen LogP contribution is 2.26. The zero-order valence-electron chi connectivity index (χ0n) is 6.04. The van der Waals surface area contributed by atoms with Gasteiger partial charge in [0.25, 0.3) is 0 Å². The second-order valence-electron chi connectivity index (χ2n) is 2.13. The summed E-state index contributed by atoms with van der Waals surface area (Å²) in [6.45, 7) is 1.60. The Kier molecular flexibility index (Phi) is 2.64. The molecular weight excluding hydrogens is 247 g/mol. The second kappa shape index (κ2) is 3.37. The Bertz CT molecular complexity index is 343. The molecule has 0 fully saturated rings. The third-order valence-electron chi connectivity index (χ3n) is 1.33. The predicted octanol–water partition coefficient (Wildman–Crippen LogP) is 2.71. The average molecular weight is 251 g/mol. The van der Waals surface area contributed by atoms with Crippen LogP contribution < -0.4 is 0 Å². The molecule has 0 radical (unpaired) electrons. The summed E-state index contributed by atoms with van der Waals surface area (Å²) in [4.78, 5) is 13.4. The number of aromatic nitrogens is 1. The molecule has 0 aliphatic carbocycles. The smallest absolute Gasteiger partial charge is 0.358 e. The molecule has 1 aromatic heterocycles. The van der Waals surface area contributed by atoms with Crippen LogP contribution in [0.3, 0.4) is 0 Å². The van der Waals surface area contributed by atoms with Crippen LogP contribution in [0, 0.1) is 17.0 Å². The quantitative estimate of drug-likeness (QED) is 0.438. The van der Waals surface area contributed by atoms with Crippen molar-refractivity contribution in [2.45, 2.75) is 6.92 Å². The summed E-state index contributed by atoms with van der Waals surface area (Å²) in [5, 5.41) is 10.5. The number of pyridine rings is 1. The first-order chi connectivity index (χ1) is 5.52. The lowest BCUT2D eigenvalue weighted by Crippen LogP contribution is -1.96. The molecule has 4 nitrogen and oxygen atoms in total. The minimum absolute atomic E-state index is 0.110. The van der Waals surface area contributed by atoms with E-state index in [4.69, 9.17) is 11.6 Å². The Morgan fingerprint density at radius 2 is 2.33 bits per heavy atom. The van der Waals surface area contributed by atoms with Gasteiger partial charge in [0.05, 0.1) is 5.56 Å². The Hall–Kier alpha value is -0.680. The number of halogens is 2. The van der Waals surface area contributed by atoms with Gasteiger partial charge in [-0.15, -0.1) is 0 Å².